The van der Waals surface area contributed by atoms with Crippen LogP contribution in [0.1, 0.15) is 23.6 Å². The van der Waals surface area contributed by atoms with Crippen LogP contribution in [0.4, 0.5) is 0 Å². The van der Waals surface area contributed by atoms with Crippen molar-refractivity contribution in [1.82, 2.24) is 10.3 Å². The summed E-state index contributed by atoms with van der Waals surface area (Å²) in [5.74, 6) is 0. The van der Waals surface area contributed by atoms with Crippen LogP contribution in [0.2, 0.25) is 0 Å². The summed E-state index contributed by atoms with van der Waals surface area (Å²) >= 11 is 0. The van der Waals surface area contributed by atoms with Crippen molar-refractivity contribution in [2.24, 2.45) is 0 Å². The fraction of sp³-hybridized carbons (Fsp3) is 0.267. The Hall–Kier alpha value is -1.67. The first-order valence-electron chi connectivity index (χ1n) is 6.01. The van der Waals surface area contributed by atoms with Crippen molar-refractivity contribution in [2.45, 2.75) is 18.9 Å². The molecule has 0 aliphatic carbocycles. The lowest BCUT2D eigenvalue weighted by molar-refractivity contribution is 0.549. The van der Waals surface area contributed by atoms with Gasteiger partial charge in [-0.1, -0.05) is 30.3 Å². The molecule has 0 fully saturated rings. The second-order valence-corrected chi connectivity index (χ2v) is 4.15. The number of pyridine rings is 1. The molecule has 0 bridgehead atoms. The maximum absolute atomic E-state index is 4.04. The molecule has 1 N–H and O–H groups in total. The predicted molar refractivity (Wildman–Crippen MR) is 70.8 cm³/mol. The molecule has 0 saturated carbocycles. The zero-order chi connectivity index (χ0) is 11.9. The first-order valence-corrected chi connectivity index (χ1v) is 6.01. The molecule has 2 heteroatoms. The second-order valence-electron chi connectivity index (χ2n) is 4.15. The van der Waals surface area contributed by atoms with Crippen molar-refractivity contribution in [3.05, 3.63) is 66.0 Å². The lowest BCUT2D eigenvalue weighted by atomic mass is 10.00. The summed E-state index contributed by atoms with van der Waals surface area (Å²) in [5, 5.41) is 3.37. The lowest BCUT2D eigenvalue weighted by Crippen LogP contribution is -2.16. The monoisotopic (exact) mass is 226 g/mol. The standard InChI is InChI=1S/C15H18N2/c1-16-15(14-5-3-2-4-6-14)8-7-13-9-11-17-12-10-13/h2-6,9-12,15-16H,7-8H2,1H3. The Bertz CT molecular complexity index is 425. The SMILES string of the molecule is CNC(CCc1ccncc1)c1ccccc1. The van der Waals surface area contributed by atoms with E-state index >= 15 is 0 Å². The predicted octanol–water partition coefficient (Wildman–Crippen LogP) is 2.97. The zero-order valence-electron chi connectivity index (χ0n) is 10.1. The first-order chi connectivity index (χ1) is 8.40. The summed E-state index contributed by atoms with van der Waals surface area (Å²) in [4.78, 5) is 4.04. The van der Waals surface area contributed by atoms with E-state index < -0.39 is 0 Å². The normalized spacial score (nSPS) is 12.3. The van der Waals surface area contributed by atoms with E-state index in [1.54, 1.807) is 0 Å². The van der Waals surface area contributed by atoms with Crippen molar-refractivity contribution in [3.63, 3.8) is 0 Å². The van der Waals surface area contributed by atoms with Crippen LogP contribution >= 0.6 is 0 Å². The third-order valence-electron chi connectivity index (χ3n) is 3.02. The Morgan fingerprint density at radius 1 is 1.06 bits per heavy atom. The molecule has 2 rings (SSSR count). The Balaban J connectivity index is 1.97. The molecule has 1 unspecified atom stereocenters. The maximum Gasteiger partial charge on any atom is 0.0320 e. The van der Waals surface area contributed by atoms with Gasteiger partial charge in [0.05, 0.1) is 0 Å². The van der Waals surface area contributed by atoms with Crippen LogP contribution in [0.5, 0.6) is 0 Å². The fourth-order valence-corrected chi connectivity index (χ4v) is 2.02. The van der Waals surface area contributed by atoms with Crippen LogP contribution in [0.25, 0.3) is 0 Å². The van der Waals surface area contributed by atoms with Gasteiger partial charge in [0, 0.05) is 18.4 Å². The lowest BCUT2D eigenvalue weighted by Gasteiger charge is -2.16. The third-order valence-corrected chi connectivity index (χ3v) is 3.02. The van der Waals surface area contributed by atoms with Crippen LogP contribution in [0.15, 0.2) is 54.9 Å². The van der Waals surface area contributed by atoms with Crippen LogP contribution in [-0.2, 0) is 6.42 Å². The molecule has 0 amide bonds. The largest absolute Gasteiger partial charge is 0.313 e. The van der Waals surface area contributed by atoms with E-state index in [4.69, 9.17) is 0 Å². The highest BCUT2D eigenvalue weighted by Gasteiger charge is 2.08. The Morgan fingerprint density at radius 3 is 2.41 bits per heavy atom. The zero-order valence-corrected chi connectivity index (χ0v) is 10.1. The molecule has 17 heavy (non-hydrogen) atoms. The minimum Gasteiger partial charge on any atom is -0.313 e. The molecular weight excluding hydrogens is 208 g/mol. The van der Waals surface area contributed by atoms with Crippen molar-refractivity contribution in [1.29, 1.82) is 0 Å². The fourth-order valence-electron chi connectivity index (χ4n) is 2.02. The van der Waals surface area contributed by atoms with Gasteiger partial charge in [0.25, 0.3) is 0 Å². The van der Waals surface area contributed by atoms with Gasteiger partial charge in [-0.3, -0.25) is 4.98 Å². The first kappa shape index (κ1) is 11.8. The summed E-state index contributed by atoms with van der Waals surface area (Å²) in [5.41, 5.74) is 2.69. The number of rotatable bonds is 5. The average Bonchev–Trinajstić information content (AvgIpc) is 2.42. The molecule has 0 aliphatic rings. The molecule has 2 aromatic rings. The highest BCUT2D eigenvalue weighted by Crippen LogP contribution is 2.18. The Morgan fingerprint density at radius 2 is 1.76 bits per heavy atom. The molecule has 1 heterocycles. The number of hydrogen-bond acceptors (Lipinski definition) is 2. The van der Waals surface area contributed by atoms with Crippen LogP contribution in [0.3, 0.4) is 0 Å². The van der Waals surface area contributed by atoms with Crippen LogP contribution in [-0.4, -0.2) is 12.0 Å². The van der Waals surface area contributed by atoms with Gasteiger partial charge in [0.15, 0.2) is 0 Å². The summed E-state index contributed by atoms with van der Waals surface area (Å²) < 4.78 is 0. The molecule has 0 radical (unpaired) electrons. The van der Waals surface area contributed by atoms with Gasteiger partial charge in [-0.25, -0.2) is 0 Å². The highest BCUT2D eigenvalue weighted by molar-refractivity contribution is 5.19. The van der Waals surface area contributed by atoms with Crippen molar-refractivity contribution >= 4 is 0 Å². The Labute approximate surface area is 103 Å². The topological polar surface area (TPSA) is 24.9 Å². The summed E-state index contributed by atoms with van der Waals surface area (Å²) in [6, 6.07) is 15.2. The minimum atomic E-state index is 0.421. The number of benzene rings is 1. The average molecular weight is 226 g/mol. The quantitative estimate of drug-likeness (QED) is 0.847. The summed E-state index contributed by atoms with van der Waals surface area (Å²) in [7, 11) is 2.02. The molecule has 1 aromatic heterocycles. The van der Waals surface area contributed by atoms with E-state index in [0.717, 1.165) is 12.8 Å². The van der Waals surface area contributed by atoms with Gasteiger partial charge < -0.3 is 5.32 Å². The Kier molecular flexibility index (Phi) is 4.28. The van der Waals surface area contributed by atoms with Crippen molar-refractivity contribution in [3.8, 4) is 0 Å². The van der Waals surface area contributed by atoms with E-state index in [2.05, 4.69) is 52.8 Å². The van der Waals surface area contributed by atoms with Gasteiger partial charge in [-0.15, -0.1) is 0 Å². The van der Waals surface area contributed by atoms with Crippen molar-refractivity contribution < 1.29 is 0 Å². The van der Waals surface area contributed by atoms with E-state index in [9.17, 15) is 0 Å². The maximum atomic E-state index is 4.04. The van der Waals surface area contributed by atoms with Crippen molar-refractivity contribution in [2.75, 3.05) is 7.05 Å². The third kappa shape index (κ3) is 3.40. The molecule has 0 spiro atoms. The van der Waals surface area contributed by atoms with Gasteiger partial charge in [0.1, 0.15) is 0 Å². The molecular formula is C15H18N2. The summed E-state index contributed by atoms with van der Waals surface area (Å²) in [6.45, 7) is 0. The smallest absolute Gasteiger partial charge is 0.0320 e. The molecule has 2 nitrogen and oxygen atoms in total. The molecule has 1 aromatic carbocycles. The number of nitrogens with zero attached hydrogens (tertiary/aromatic N) is 1. The number of aromatic nitrogens is 1. The highest BCUT2D eigenvalue weighted by atomic mass is 14.9. The number of aryl methyl sites for hydroxylation is 1. The van der Waals surface area contributed by atoms with E-state index in [1.165, 1.54) is 11.1 Å². The van der Waals surface area contributed by atoms with Gasteiger partial charge in [0.2, 0.25) is 0 Å². The van der Waals surface area contributed by atoms with Gasteiger partial charge in [-0.2, -0.15) is 0 Å². The minimum absolute atomic E-state index is 0.421. The number of hydrogen-bond donors (Lipinski definition) is 1. The second kappa shape index (κ2) is 6.16. The molecule has 88 valence electrons. The summed E-state index contributed by atoms with van der Waals surface area (Å²) in [6.07, 6.45) is 5.88. The van der Waals surface area contributed by atoms with Gasteiger partial charge >= 0.3 is 0 Å². The van der Waals surface area contributed by atoms with Crippen LogP contribution < -0.4 is 5.32 Å². The molecule has 0 saturated heterocycles. The van der Waals surface area contributed by atoms with E-state index in [0.29, 0.717) is 6.04 Å². The van der Waals surface area contributed by atoms with Crippen LogP contribution in [0, 0.1) is 0 Å². The molecule has 1 atom stereocenters. The number of nitrogens with one attached hydrogen (secondary N) is 1. The molecule has 0 aliphatic heterocycles. The van der Waals surface area contributed by atoms with E-state index in [1.807, 2.05) is 19.4 Å². The van der Waals surface area contributed by atoms with Gasteiger partial charge in [-0.05, 0) is 43.1 Å². The van der Waals surface area contributed by atoms with E-state index in [-0.39, 0.29) is 0 Å².